The van der Waals surface area contributed by atoms with E-state index in [0.717, 1.165) is 22.8 Å². The molecule has 0 aliphatic carbocycles. The van der Waals surface area contributed by atoms with Crippen LogP contribution >= 0.6 is 0 Å². The van der Waals surface area contributed by atoms with Gasteiger partial charge >= 0.3 is 0 Å². The Labute approximate surface area is 262 Å². The molecule has 3 aromatic heterocycles. The number of anilines is 1. The van der Waals surface area contributed by atoms with E-state index in [0.29, 0.717) is 42.6 Å². The molecular formula is C29H28F2N8O5S2. The molecule has 1 saturated heterocycles. The largest absolute Gasteiger partial charge is 0.351 e. The zero-order chi connectivity index (χ0) is 32.6. The van der Waals surface area contributed by atoms with E-state index in [2.05, 4.69) is 25.4 Å². The topological polar surface area (TPSA) is 162 Å². The van der Waals surface area contributed by atoms with Gasteiger partial charge in [0.1, 0.15) is 18.3 Å². The molecule has 1 N–H and O–H groups in total. The molecule has 6 rings (SSSR count). The third-order valence-electron chi connectivity index (χ3n) is 7.75. The van der Waals surface area contributed by atoms with E-state index in [1.54, 1.807) is 36.4 Å². The van der Waals surface area contributed by atoms with E-state index < -0.39 is 37.6 Å². The van der Waals surface area contributed by atoms with E-state index in [1.807, 2.05) is 0 Å². The first-order valence-electron chi connectivity index (χ1n) is 14.1. The number of benzene rings is 2. The molecule has 17 heteroatoms. The zero-order valence-corrected chi connectivity index (χ0v) is 26.0. The molecule has 1 aliphatic heterocycles. The number of pyridine rings is 1. The first-order valence-corrected chi connectivity index (χ1v) is 17.4. The molecule has 1 fully saturated rings. The third-order valence-corrected chi connectivity index (χ3v) is 10.6. The van der Waals surface area contributed by atoms with Crippen molar-refractivity contribution in [2.45, 2.75) is 36.7 Å². The third kappa shape index (κ3) is 6.38. The Morgan fingerprint density at radius 3 is 2.39 bits per heavy atom. The van der Waals surface area contributed by atoms with Crippen molar-refractivity contribution in [2.75, 3.05) is 24.7 Å². The fourth-order valence-electron chi connectivity index (χ4n) is 5.32. The maximum Gasteiger partial charge on any atom is 0.284 e. The number of piperidine rings is 1. The summed E-state index contributed by atoms with van der Waals surface area (Å²) in [5.41, 5.74) is 0.520. The van der Waals surface area contributed by atoms with Crippen LogP contribution in [0.3, 0.4) is 0 Å². The quantitative estimate of drug-likeness (QED) is 0.247. The minimum absolute atomic E-state index is 0.0199. The predicted octanol–water partition coefficient (Wildman–Crippen LogP) is 3.11. The lowest BCUT2D eigenvalue weighted by atomic mass is 10.0. The van der Waals surface area contributed by atoms with Crippen LogP contribution in [-0.2, 0) is 26.6 Å². The van der Waals surface area contributed by atoms with E-state index in [1.165, 1.54) is 33.5 Å². The van der Waals surface area contributed by atoms with Gasteiger partial charge in [-0.3, -0.25) is 9.36 Å². The Bertz CT molecular complexity index is 2170. The highest BCUT2D eigenvalue weighted by molar-refractivity contribution is 7.89. The molecule has 4 heterocycles. The normalized spacial score (nSPS) is 15.0. The summed E-state index contributed by atoms with van der Waals surface area (Å²) in [4.78, 5) is 25.7. The van der Waals surface area contributed by atoms with Crippen LogP contribution in [-0.4, -0.2) is 75.2 Å². The number of nitrogens with zero attached hydrogens (tertiary/aromatic N) is 7. The summed E-state index contributed by atoms with van der Waals surface area (Å²) in [6, 6.07) is 14.2. The molecule has 0 bridgehead atoms. The summed E-state index contributed by atoms with van der Waals surface area (Å²) >= 11 is 0. The first kappa shape index (κ1) is 31.4. The lowest BCUT2D eigenvalue weighted by molar-refractivity contribution is 0.149. The number of fused-ring (bicyclic) bond motifs is 1. The van der Waals surface area contributed by atoms with Gasteiger partial charge in [-0.25, -0.2) is 31.5 Å². The molecule has 0 amide bonds. The number of halogens is 2. The summed E-state index contributed by atoms with van der Waals surface area (Å²) < 4.78 is 80.5. The fourth-order valence-corrected chi connectivity index (χ4v) is 7.28. The second kappa shape index (κ2) is 12.3. The molecule has 5 aromatic rings. The highest BCUT2D eigenvalue weighted by atomic mass is 32.2. The van der Waals surface area contributed by atoms with Crippen molar-refractivity contribution in [3.8, 4) is 11.1 Å². The lowest BCUT2D eigenvalue weighted by Crippen LogP contribution is -2.42. The maximum atomic E-state index is 13.9. The summed E-state index contributed by atoms with van der Waals surface area (Å²) in [6.45, 7) is 0.606. The second-order valence-corrected chi connectivity index (χ2v) is 14.6. The van der Waals surface area contributed by atoms with Crippen molar-refractivity contribution in [1.82, 2.24) is 33.0 Å². The Kier molecular flexibility index (Phi) is 8.39. The number of hydrogen-bond donors (Lipinski definition) is 1. The number of nitrogens with one attached hydrogen (secondary N) is 1. The molecule has 2 aromatic carbocycles. The standard InChI is InChI=1S/C29H28F2N8O5S2/c1-45(41,42)37-11-9-23(10-12-37)35-29-33-15-22-14-25(26(30)31)28(40)38(27(22)36-29)16-19-5-7-20(8-6-19)21-3-2-4-24(13-21)46(43,44)39-18-32-17-34-39/h2-8,13-15,17-18,23,26H,9-12,16H2,1H3,(H,33,35,36). The smallest absolute Gasteiger partial charge is 0.284 e. The number of alkyl halides is 2. The van der Waals surface area contributed by atoms with Gasteiger partial charge in [-0.05, 0) is 47.7 Å². The Morgan fingerprint density at radius 2 is 1.74 bits per heavy atom. The van der Waals surface area contributed by atoms with E-state index in [4.69, 9.17) is 0 Å². The van der Waals surface area contributed by atoms with Crippen LogP contribution < -0.4 is 10.9 Å². The summed E-state index contributed by atoms with van der Waals surface area (Å²) in [5.74, 6) is 0.194. The minimum atomic E-state index is -3.93. The van der Waals surface area contributed by atoms with E-state index in [9.17, 15) is 30.4 Å². The molecule has 0 spiro atoms. The summed E-state index contributed by atoms with van der Waals surface area (Å²) in [5, 5.41) is 7.16. The van der Waals surface area contributed by atoms with Crippen LogP contribution in [0.15, 0.2) is 83.1 Å². The van der Waals surface area contributed by atoms with Crippen LogP contribution in [0.1, 0.15) is 30.4 Å². The number of hydrogen-bond acceptors (Lipinski definition) is 10. The van der Waals surface area contributed by atoms with Gasteiger partial charge in [0.2, 0.25) is 16.0 Å². The monoisotopic (exact) mass is 670 g/mol. The minimum Gasteiger partial charge on any atom is -0.351 e. The van der Waals surface area contributed by atoms with Gasteiger partial charge in [-0.2, -0.15) is 13.4 Å². The molecule has 240 valence electrons. The maximum absolute atomic E-state index is 13.9. The second-order valence-electron chi connectivity index (χ2n) is 10.8. The molecular weight excluding hydrogens is 642 g/mol. The summed E-state index contributed by atoms with van der Waals surface area (Å²) in [6.07, 6.45) is 2.80. The van der Waals surface area contributed by atoms with Crippen LogP contribution in [0.2, 0.25) is 0 Å². The fraction of sp³-hybridized carbons (Fsp3) is 0.276. The lowest BCUT2D eigenvalue weighted by Gasteiger charge is -2.30. The Balaban J connectivity index is 1.28. The first-order chi connectivity index (χ1) is 21.9. The molecule has 0 saturated carbocycles. The molecule has 13 nitrogen and oxygen atoms in total. The SMILES string of the molecule is CS(=O)(=O)N1CCC(Nc2ncc3cc(C(F)F)c(=O)n(Cc4ccc(-c5cccc(S(=O)(=O)n6cncn6)c5)cc4)c3n2)CC1. The van der Waals surface area contributed by atoms with Gasteiger partial charge in [0, 0.05) is 30.7 Å². The molecule has 0 atom stereocenters. The van der Waals surface area contributed by atoms with Gasteiger partial charge in [0.15, 0.2) is 0 Å². The highest BCUT2D eigenvalue weighted by Crippen LogP contribution is 2.26. The summed E-state index contributed by atoms with van der Waals surface area (Å²) in [7, 11) is -7.22. The van der Waals surface area contributed by atoms with Gasteiger partial charge in [0.05, 0.1) is 23.3 Å². The van der Waals surface area contributed by atoms with E-state index in [-0.39, 0.29) is 34.5 Å². The molecule has 0 radical (unpaired) electrons. The molecule has 1 aliphatic rings. The van der Waals surface area contributed by atoms with Crippen LogP contribution in [0.5, 0.6) is 0 Å². The van der Waals surface area contributed by atoms with Crippen LogP contribution in [0.4, 0.5) is 14.7 Å². The number of aromatic nitrogens is 6. The van der Waals surface area contributed by atoms with Crippen molar-refractivity contribution >= 4 is 37.0 Å². The van der Waals surface area contributed by atoms with E-state index >= 15 is 0 Å². The van der Waals surface area contributed by atoms with Gasteiger partial charge < -0.3 is 5.32 Å². The highest BCUT2D eigenvalue weighted by Gasteiger charge is 2.26. The molecule has 0 unspecified atom stereocenters. The Hall–Kier alpha value is -4.61. The predicted molar refractivity (Wildman–Crippen MR) is 165 cm³/mol. The zero-order valence-electron chi connectivity index (χ0n) is 24.4. The van der Waals surface area contributed by atoms with Crippen LogP contribution in [0.25, 0.3) is 22.2 Å². The number of sulfonamides is 1. The van der Waals surface area contributed by atoms with Crippen molar-refractivity contribution in [2.24, 2.45) is 0 Å². The van der Waals surface area contributed by atoms with Crippen molar-refractivity contribution in [1.29, 1.82) is 0 Å². The average molecular weight is 671 g/mol. The van der Waals surface area contributed by atoms with Crippen molar-refractivity contribution in [3.05, 3.63) is 94.9 Å². The number of rotatable bonds is 9. The van der Waals surface area contributed by atoms with Gasteiger partial charge in [-0.1, -0.05) is 36.4 Å². The average Bonchev–Trinajstić information content (AvgIpc) is 3.59. The van der Waals surface area contributed by atoms with Gasteiger partial charge in [-0.15, -0.1) is 9.19 Å². The van der Waals surface area contributed by atoms with Crippen molar-refractivity contribution in [3.63, 3.8) is 0 Å². The van der Waals surface area contributed by atoms with Crippen LogP contribution in [0, 0.1) is 0 Å². The van der Waals surface area contributed by atoms with Gasteiger partial charge in [0.25, 0.3) is 22.0 Å². The Morgan fingerprint density at radius 1 is 1.00 bits per heavy atom. The molecule has 46 heavy (non-hydrogen) atoms. The van der Waals surface area contributed by atoms with Crippen molar-refractivity contribution < 1.29 is 25.6 Å².